The third kappa shape index (κ3) is 5.81. The minimum atomic E-state index is -3.41. The van der Waals surface area contributed by atoms with E-state index >= 15 is 0 Å². The van der Waals surface area contributed by atoms with E-state index in [0.717, 1.165) is 16.7 Å². The molecule has 0 spiro atoms. The van der Waals surface area contributed by atoms with Crippen molar-refractivity contribution < 1.29 is 22.7 Å². The van der Waals surface area contributed by atoms with Crippen molar-refractivity contribution in [3.8, 4) is 11.5 Å². The van der Waals surface area contributed by atoms with Gasteiger partial charge in [-0.05, 0) is 50.5 Å². The van der Waals surface area contributed by atoms with Crippen LogP contribution < -0.4 is 14.8 Å². The number of amides is 1. The van der Waals surface area contributed by atoms with Gasteiger partial charge in [0.15, 0.2) is 0 Å². The second-order valence-electron chi connectivity index (χ2n) is 8.25. The van der Waals surface area contributed by atoms with Gasteiger partial charge in [-0.25, -0.2) is 12.7 Å². The number of nitrogens with one attached hydrogen (secondary N) is 1. The molecule has 1 N–H and O–H groups in total. The van der Waals surface area contributed by atoms with Crippen LogP contribution in [0.25, 0.3) is 0 Å². The fourth-order valence-corrected chi connectivity index (χ4v) is 5.53. The number of nitrogens with zero attached hydrogens (tertiary/aromatic N) is 1. The molecule has 32 heavy (non-hydrogen) atoms. The molecule has 0 unspecified atom stereocenters. The molecule has 0 saturated carbocycles. The lowest BCUT2D eigenvalue weighted by Gasteiger charge is -2.31. The molecule has 0 aromatic heterocycles. The molecular weight excluding hydrogens is 428 g/mol. The van der Waals surface area contributed by atoms with Crippen LogP contribution in [-0.2, 0) is 20.6 Å². The lowest BCUT2D eigenvalue weighted by atomic mass is 9.96. The molecule has 2 aromatic rings. The fraction of sp³-hybridized carbons (Fsp3) is 0.458. The zero-order chi connectivity index (χ0) is 23.3. The summed E-state index contributed by atoms with van der Waals surface area (Å²) in [6, 6.07) is 12.7. The molecule has 1 amide bonds. The van der Waals surface area contributed by atoms with Gasteiger partial charge in [0.25, 0.3) is 0 Å². The van der Waals surface area contributed by atoms with Crippen molar-refractivity contribution >= 4 is 15.9 Å². The highest BCUT2D eigenvalue weighted by Gasteiger charge is 2.32. The van der Waals surface area contributed by atoms with Gasteiger partial charge in [0.1, 0.15) is 11.5 Å². The third-order valence-corrected chi connectivity index (χ3v) is 7.80. The number of hydrogen-bond acceptors (Lipinski definition) is 5. The van der Waals surface area contributed by atoms with Gasteiger partial charge in [0.2, 0.25) is 15.9 Å². The number of piperidine rings is 1. The van der Waals surface area contributed by atoms with Crippen LogP contribution in [0.15, 0.2) is 42.5 Å². The van der Waals surface area contributed by atoms with E-state index in [9.17, 15) is 13.2 Å². The van der Waals surface area contributed by atoms with Gasteiger partial charge in [0, 0.05) is 24.6 Å². The highest BCUT2D eigenvalue weighted by Crippen LogP contribution is 2.30. The van der Waals surface area contributed by atoms with E-state index in [1.807, 2.05) is 56.3 Å². The van der Waals surface area contributed by atoms with E-state index in [2.05, 4.69) is 5.32 Å². The number of aryl methyl sites for hydroxylation is 1. The first-order chi connectivity index (χ1) is 15.2. The van der Waals surface area contributed by atoms with E-state index in [0.29, 0.717) is 37.4 Å². The highest BCUT2D eigenvalue weighted by atomic mass is 32.2. The Labute approximate surface area is 190 Å². The summed E-state index contributed by atoms with van der Waals surface area (Å²) in [6.07, 6.45) is 1.00. The standard InChI is InChI=1S/C24H32N2O5S/c1-17-5-7-19(8-6-17)16-32(28,29)26-13-11-20(12-14-26)24(27)25-18(2)22-15-21(30-3)9-10-23(22)31-4/h5-10,15,18,20H,11-14,16H2,1-4H3,(H,25,27)/t18-/m0/s1. The average Bonchev–Trinajstić information content (AvgIpc) is 2.80. The van der Waals surface area contributed by atoms with E-state index in [-0.39, 0.29) is 23.6 Å². The van der Waals surface area contributed by atoms with Crippen LogP contribution in [0.1, 0.15) is 42.5 Å². The van der Waals surface area contributed by atoms with Crippen LogP contribution >= 0.6 is 0 Å². The summed E-state index contributed by atoms with van der Waals surface area (Å²) in [5.74, 6) is 1.05. The van der Waals surface area contributed by atoms with Crippen molar-refractivity contribution in [2.75, 3.05) is 27.3 Å². The number of methoxy groups -OCH3 is 2. The Morgan fingerprint density at radius 1 is 1.09 bits per heavy atom. The van der Waals surface area contributed by atoms with E-state index in [1.54, 1.807) is 14.2 Å². The van der Waals surface area contributed by atoms with Crippen molar-refractivity contribution in [1.82, 2.24) is 9.62 Å². The summed E-state index contributed by atoms with van der Waals surface area (Å²) in [7, 11) is -0.227. The van der Waals surface area contributed by atoms with Crippen LogP contribution in [0.5, 0.6) is 11.5 Å². The molecule has 1 atom stereocenters. The first-order valence-corrected chi connectivity index (χ1v) is 12.4. The maximum absolute atomic E-state index is 12.9. The quantitative estimate of drug-likeness (QED) is 0.652. The summed E-state index contributed by atoms with van der Waals surface area (Å²) in [6.45, 7) is 4.57. The Bertz CT molecular complexity index is 1030. The van der Waals surface area contributed by atoms with Crippen LogP contribution in [-0.4, -0.2) is 45.9 Å². The number of carbonyl (C=O) groups is 1. The van der Waals surface area contributed by atoms with Gasteiger partial charge in [0.05, 0.1) is 26.0 Å². The van der Waals surface area contributed by atoms with Gasteiger partial charge in [-0.1, -0.05) is 29.8 Å². The van der Waals surface area contributed by atoms with Gasteiger partial charge in [-0.2, -0.15) is 0 Å². The predicted molar refractivity (Wildman–Crippen MR) is 124 cm³/mol. The number of rotatable bonds is 8. The first-order valence-electron chi connectivity index (χ1n) is 10.8. The smallest absolute Gasteiger partial charge is 0.223 e. The second kappa shape index (κ2) is 10.4. The normalized spacial score (nSPS) is 16.4. The van der Waals surface area contributed by atoms with Crippen molar-refractivity contribution in [1.29, 1.82) is 0 Å². The van der Waals surface area contributed by atoms with Gasteiger partial charge >= 0.3 is 0 Å². The molecule has 1 fully saturated rings. The SMILES string of the molecule is COc1ccc(OC)c([C@H](C)NC(=O)C2CCN(S(=O)(=O)Cc3ccc(C)cc3)CC2)c1. The lowest BCUT2D eigenvalue weighted by molar-refractivity contribution is -0.126. The van der Waals surface area contributed by atoms with E-state index < -0.39 is 10.0 Å². The summed E-state index contributed by atoms with van der Waals surface area (Å²) in [4.78, 5) is 12.9. The molecule has 8 heteroatoms. The number of hydrogen-bond donors (Lipinski definition) is 1. The number of benzene rings is 2. The van der Waals surface area contributed by atoms with Crippen molar-refractivity contribution in [3.05, 3.63) is 59.2 Å². The predicted octanol–water partition coefficient (Wildman–Crippen LogP) is 3.43. The van der Waals surface area contributed by atoms with Crippen LogP contribution in [0, 0.1) is 12.8 Å². The Morgan fingerprint density at radius 2 is 1.75 bits per heavy atom. The fourth-order valence-electron chi connectivity index (χ4n) is 3.97. The zero-order valence-corrected chi connectivity index (χ0v) is 19.9. The molecule has 0 radical (unpaired) electrons. The number of sulfonamides is 1. The topological polar surface area (TPSA) is 84.9 Å². The van der Waals surface area contributed by atoms with Gasteiger partial charge < -0.3 is 14.8 Å². The highest BCUT2D eigenvalue weighted by molar-refractivity contribution is 7.88. The van der Waals surface area contributed by atoms with Crippen LogP contribution in [0.3, 0.4) is 0 Å². The molecule has 1 aliphatic rings. The maximum atomic E-state index is 12.9. The summed E-state index contributed by atoms with van der Waals surface area (Å²) in [5, 5.41) is 3.05. The van der Waals surface area contributed by atoms with Crippen LogP contribution in [0.2, 0.25) is 0 Å². The Kier molecular flexibility index (Phi) is 7.79. The first kappa shape index (κ1) is 24.1. The molecule has 1 aliphatic heterocycles. The Balaban J connectivity index is 1.58. The molecular formula is C24H32N2O5S. The monoisotopic (exact) mass is 460 g/mol. The molecule has 1 saturated heterocycles. The Hall–Kier alpha value is -2.58. The van der Waals surface area contributed by atoms with Gasteiger partial charge in [-0.3, -0.25) is 4.79 Å². The minimum absolute atomic E-state index is 0.0171. The zero-order valence-electron chi connectivity index (χ0n) is 19.1. The lowest BCUT2D eigenvalue weighted by Crippen LogP contribution is -2.43. The summed E-state index contributed by atoms with van der Waals surface area (Å²) < 4.78 is 37.8. The largest absolute Gasteiger partial charge is 0.497 e. The Morgan fingerprint density at radius 3 is 2.34 bits per heavy atom. The molecule has 3 rings (SSSR count). The van der Waals surface area contributed by atoms with Crippen molar-refractivity contribution in [2.45, 2.75) is 38.5 Å². The van der Waals surface area contributed by atoms with E-state index in [4.69, 9.17) is 9.47 Å². The molecule has 2 aromatic carbocycles. The number of ether oxygens (including phenoxy) is 2. The third-order valence-electron chi connectivity index (χ3n) is 5.95. The van der Waals surface area contributed by atoms with Gasteiger partial charge in [-0.15, -0.1) is 0 Å². The molecule has 1 heterocycles. The molecule has 0 aliphatic carbocycles. The average molecular weight is 461 g/mol. The summed E-state index contributed by atoms with van der Waals surface area (Å²) in [5.41, 5.74) is 2.70. The maximum Gasteiger partial charge on any atom is 0.223 e. The molecule has 174 valence electrons. The van der Waals surface area contributed by atoms with Crippen molar-refractivity contribution in [3.63, 3.8) is 0 Å². The second-order valence-corrected chi connectivity index (χ2v) is 10.2. The van der Waals surface area contributed by atoms with E-state index in [1.165, 1.54) is 4.31 Å². The molecule has 7 nitrogen and oxygen atoms in total. The summed E-state index contributed by atoms with van der Waals surface area (Å²) >= 11 is 0. The molecule has 0 bridgehead atoms. The van der Waals surface area contributed by atoms with Crippen LogP contribution in [0.4, 0.5) is 0 Å². The minimum Gasteiger partial charge on any atom is -0.497 e. The number of carbonyl (C=O) groups excluding carboxylic acids is 1. The van der Waals surface area contributed by atoms with Crippen molar-refractivity contribution in [2.24, 2.45) is 5.92 Å².